The maximum atomic E-state index is 11.4. The van der Waals surface area contributed by atoms with Gasteiger partial charge >= 0.3 is 5.97 Å². The molecular weight excluding hydrogens is 288 g/mol. The van der Waals surface area contributed by atoms with Gasteiger partial charge in [0.15, 0.2) is 5.69 Å². The second-order valence-corrected chi connectivity index (χ2v) is 7.39. The third-order valence-corrected chi connectivity index (χ3v) is 4.73. The molecule has 0 bridgehead atoms. The first kappa shape index (κ1) is 14.2. The average molecular weight is 306 g/mol. The Kier molecular flexibility index (Phi) is 3.32. The molecule has 7 heteroatoms. The largest absolute Gasteiger partial charge is 0.476 e. The average Bonchev–Trinajstić information content (AvgIpc) is 3.01. The molecule has 0 saturated heterocycles. The number of carboxylic acid groups (broad SMARTS) is 1. The van der Waals surface area contributed by atoms with Crippen LogP contribution in [0.3, 0.4) is 0 Å². The Hall–Kier alpha value is -1.76. The van der Waals surface area contributed by atoms with Crippen molar-refractivity contribution in [3.8, 4) is 5.13 Å². The van der Waals surface area contributed by atoms with Gasteiger partial charge in [-0.1, -0.05) is 37.3 Å². The van der Waals surface area contributed by atoms with E-state index in [1.165, 1.54) is 17.7 Å². The summed E-state index contributed by atoms with van der Waals surface area (Å²) < 4.78 is 1.60. The van der Waals surface area contributed by atoms with Gasteiger partial charge in [-0.15, -0.1) is 5.10 Å². The summed E-state index contributed by atoms with van der Waals surface area (Å²) in [5.74, 6) is -1.05. The van der Waals surface area contributed by atoms with Crippen molar-refractivity contribution in [1.82, 2.24) is 20.0 Å². The first-order valence-electron chi connectivity index (χ1n) is 7.06. The number of nitrogens with zero attached hydrogens (tertiary/aromatic N) is 4. The van der Waals surface area contributed by atoms with Crippen molar-refractivity contribution >= 4 is 17.3 Å². The number of thiazole rings is 1. The summed E-state index contributed by atoms with van der Waals surface area (Å²) in [6.45, 7) is 5.88. The molecule has 0 fully saturated rings. The van der Waals surface area contributed by atoms with Crippen LogP contribution in [0.15, 0.2) is 0 Å². The lowest BCUT2D eigenvalue weighted by Gasteiger charge is -2.19. The first-order valence-corrected chi connectivity index (χ1v) is 7.88. The number of carbonyl (C=O) groups is 1. The van der Waals surface area contributed by atoms with Crippen LogP contribution in [-0.4, -0.2) is 31.1 Å². The number of aryl methyl sites for hydroxylation is 2. The molecule has 21 heavy (non-hydrogen) atoms. The minimum Gasteiger partial charge on any atom is -0.476 e. The molecule has 112 valence electrons. The fourth-order valence-corrected chi connectivity index (χ4v) is 3.76. The van der Waals surface area contributed by atoms with Gasteiger partial charge in [-0.05, 0) is 25.7 Å². The molecule has 2 aromatic rings. The van der Waals surface area contributed by atoms with Crippen molar-refractivity contribution in [3.05, 3.63) is 22.0 Å². The van der Waals surface area contributed by atoms with Gasteiger partial charge in [0.05, 0.1) is 11.4 Å². The lowest BCUT2D eigenvalue weighted by atomic mass is 9.90. The Balaban J connectivity index is 2.14. The second kappa shape index (κ2) is 4.91. The molecule has 0 saturated carbocycles. The van der Waals surface area contributed by atoms with Crippen molar-refractivity contribution in [3.63, 3.8) is 0 Å². The maximum absolute atomic E-state index is 11.4. The molecule has 0 amide bonds. The molecule has 1 N–H and O–H groups in total. The summed E-state index contributed by atoms with van der Waals surface area (Å²) >= 11 is 1.60. The molecule has 6 nitrogen and oxygen atoms in total. The van der Waals surface area contributed by atoms with E-state index in [0.29, 0.717) is 5.69 Å². The number of fused-ring (bicyclic) bond motifs is 1. The highest BCUT2D eigenvalue weighted by Crippen LogP contribution is 2.32. The highest BCUT2D eigenvalue weighted by atomic mass is 32.1. The van der Waals surface area contributed by atoms with Gasteiger partial charge in [0.2, 0.25) is 5.13 Å². The smallest absolute Gasteiger partial charge is 0.358 e. The SMILES string of the molecule is CC(C)(C)c1c(C(=O)O)nnn1-c1nc2c(s1)CCCC2. The second-order valence-electron chi connectivity index (χ2n) is 6.33. The van der Waals surface area contributed by atoms with Crippen molar-refractivity contribution in [2.75, 3.05) is 0 Å². The van der Waals surface area contributed by atoms with E-state index < -0.39 is 5.97 Å². The zero-order valence-corrected chi connectivity index (χ0v) is 13.2. The van der Waals surface area contributed by atoms with E-state index in [9.17, 15) is 9.90 Å². The van der Waals surface area contributed by atoms with E-state index in [1.807, 2.05) is 20.8 Å². The van der Waals surface area contributed by atoms with Gasteiger partial charge in [0.1, 0.15) is 0 Å². The molecule has 0 unspecified atom stereocenters. The van der Waals surface area contributed by atoms with Crippen LogP contribution in [0, 0.1) is 0 Å². The summed E-state index contributed by atoms with van der Waals surface area (Å²) in [5.41, 5.74) is 1.37. The molecule has 0 aromatic carbocycles. The summed E-state index contributed by atoms with van der Waals surface area (Å²) in [6, 6.07) is 0. The van der Waals surface area contributed by atoms with Crippen molar-refractivity contribution < 1.29 is 9.90 Å². The number of aromatic nitrogens is 4. The Labute approximate surface area is 126 Å². The Morgan fingerprint density at radius 3 is 2.62 bits per heavy atom. The van der Waals surface area contributed by atoms with Crippen molar-refractivity contribution in [2.45, 2.75) is 51.9 Å². The van der Waals surface area contributed by atoms with Crippen LogP contribution in [0.25, 0.3) is 5.13 Å². The fourth-order valence-electron chi connectivity index (χ4n) is 2.66. The fraction of sp³-hybridized carbons (Fsp3) is 0.571. The summed E-state index contributed by atoms with van der Waals surface area (Å²) in [7, 11) is 0. The highest BCUT2D eigenvalue weighted by molar-refractivity contribution is 7.14. The zero-order chi connectivity index (χ0) is 15.2. The molecule has 0 atom stereocenters. The summed E-state index contributed by atoms with van der Waals surface area (Å²) in [5, 5.41) is 17.9. The van der Waals surface area contributed by atoms with Crippen LogP contribution in [0.5, 0.6) is 0 Å². The summed E-state index contributed by atoms with van der Waals surface area (Å²) in [6.07, 6.45) is 4.41. The monoisotopic (exact) mass is 306 g/mol. The van der Waals surface area contributed by atoms with E-state index in [2.05, 4.69) is 15.3 Å². The number of hydrogen-bond donors (Lipinski definition) is 1. The highest BCUT2D eigenvalue weighted by Gasteiger charge is 2.31. The van der Waals surface area contributed by atoms with Crippen molar-refractivity contribution in [1.29, 1.82) is 0 Å². The van der Waals surface area contributed by atoms with Gasteiger partial charge in [-0.2, -0.15) is 4.68 Å². The van der Waals surface area contributed by atoms with Crippen LogP contribution >= 0.6 is 11.3 Å². The lowest BCUT2D eigenvalue weighted by Crippen LogP contribution is -2.21. The van der Waals surface area contributed by atoms with Crippen LogP contribution < -0.4 is 0 Å². The van der Waals surface area contributed by atoms with Gasteiger partial charge in [-0.25, -0.2) is 9.78 Å². The number of aromatic carboxylic acids is 1. The minimum absolute atomic E-state index is 0.00988. The molecule has 0 aliphatic heterocycles. The van der Waals surface area contributed by atoms with Crippen LogP contribution in [0.4, 0.5) is 0 Å². The number of rotatable bonds is 2. The standard InChI is InChI=1S/C14H18N4O2S/c1-14(2,3)11-10(12(19)20)16-17-18(11)13-15-8-6-4-5-7-9(8)21-13/h4-7H2,1-3H3,(H,19,20). The van der Waals surface area contributed by atoms with Crippen molar-refractivity contribution in [2.24, 2.45) is 0 Å². The van der Waals surface area contributed by atoms with E-state index >= 15 is 0 Å². The Morgan fingerprint density at radius 2 is 2.00 bits per heavy atom. The molecule has 1 aliphatic carbocycles. The minimum atomic E-state index is -1.05. The van der Waals surface area contributed by atoms with Crippen LogP contribution in [0.1, 0.15) is 60.4 Å². The van der Waals surface area contributed by atoms with Gasteiger partial charge in [0, 0.05) is 10.3 Å². The normalized spacial score (nSPS) is 15.0. The van der Waals surface area contributed by atoms with Gasteiger partial charge < -0.3 is 5.11 Å². The number of carboxylic acids is 1. The number of hydrogen-bond acceptors (Lipinski definition) is 5. The molecule has 2 aromatic heterocycles. The molecular formula is C14H18N4O2S. The van der Waals surface area contributed by atoms with E-state index in [-0.39, 0.29) is 11.1 Å². The van der Waals surface area contributed by atoms with E-state index in [0.717, 1.165) is 23.7 Å². The molecule has 1 aliphatic rings. The van der Waals surface area contributed by atoms with Gasteiger partial charge in [0.25, 0.3) is 0 Å². The van der Waals surface area contributed by atoms with Crippen LogP contribution in [-0.2, 0) is 18.3 Å². The summed E-state index contributed by atoms with van der Waals surface area (Å²) in [4.78, 5) is 17.3. The molecule has 0 radical (unpaired) electrons. The Morgan fingerprint density at radius 1 is 1.29 bits per heavy atom. The Bertz CT molecular complexity index is 673. The third-order valence-electron chi connectivity index (χ3n) is 3.60. The predicted molar refractivity (Wildman–Crippen MR) is 79.3 cm³/mol. The predicted octanol–water partition coefficient (Wildman–Crippen LogP) is 2.60. The molecule has 2 heterocycles. The zero-order valence-electron chi connectivity index (χ0n) is 12.4. The first-order chi connectivity index (χ1) is 9.88. The maximum Gasteiger partial charge on any atom is 0.358 e. The third kappa shape index (κ3) is 2.46. The molecule has 0 spiro atoms. The lowest BCUT2D eigenvalue weighted by molar-refractivity contribution is 0.0687. The molecule has 3 rings (SSSR count). The van der Waals surface area contributed by atoms with E-state index in [4.69, 9.17) is 0 Å². The van der Waals surface area contributed by atoms with E-state index in [1.54, 1.807) is 16.0 Å². The van der Waals surface area contributed by atoms with Crippen LogP contribution in [0.2, 0.25) is 0 Å². The quantitative estimate of drug-likeness (QED) is 0.922. The van der Waals surface area contributed by atoms with Gasteiger partial charge in [-0.3, -0.25) is 0 Å². The topological polar surface area (TPSA) is 80.9 Å².